The normalized spacial score (nSPS) is 18.8. The van der Waals surface area contributed by atoms with Gasteiger partial charge in [0.15, 0.2) is 0 Å². The van der Waals surface area contributed by atoms with Crippen molar-refractivity contribution in [1.29, 1.82) is 5.26 Å². The summed E-state index contributed by atoms with van der Waals surface area (Å²) < 4.78 is 18.9. The predicted octanol–water partition coefficient (Wildman–Crippen LogP) is 5.26. The van der Waals surface area contributed by atoms with Gasteiger partial charge in [0.1, 0.15) is 23.1 Å². The molecular weight excluding hydrogens is 668 g/mol. The molecule has 0 saturated carbocycles. The molecule has 2 fully saturated rings. The zero-order chi connectivity index (χ0) is 37.1. The predicted molar refractivity (Wildman–Crippen MR) is 204 cm³/mol. The van der Waals surface area contributed by atoms with Crippen LogP contribution in [-0.4, -0.2) is 90.3 Å². The molecule has 0 N–H and O–H groups in total. The van der Waals surface area contributed by atoms with Gasteiger partial charge >= 0.3 is 0 Å². The van der Waals surface area contributed by atoms with Crippen LogP contribution in [0.1, 0.15) is 48.1 Å². The molecule has 7 rings (SSSR count). The van der Waals surface area contributed by atoms with Crippen molar-refractivity contribution in [2.75, 3.05) is 60.2 Å². The van der Waals surface area contributed by atoms with Crippen molar-refractivity contribution in [2.45, 2.75) is 45.3 Å². The number of aromatic nitrogens is 2. The fraction of sp³-hybridized carbons (Fsp3) is 0.429. The topological polar surface area (TPSA) is 113 Å². The molecular formula is C42H48N6O5. The van der Waals surface area contributed by atoms with Crippen LogP contribution >= 0.6 is 0 Å². The van der Waals surface area contributed by atoms with Crippen molar-refractivity contribution in [3.05, 3.63) is 99.2 Å². The van der Waals surface area contributed by atoms with E-state index in [9.17, 15) is 14.9 Å². The molecule has 4 aromatic rings. The Hall–Kier alpha value is -5.02. The van der Waals surface area contributed by atoms with Crippen LogP contribution in [-0.2, 0) is 36.1 Å². The van der Waals surface area contributed by atoms with E-state index in [2.05, 4.69) is 46.0 Å². The number of carbonyl (C=O) groups excluding carboxylic acids is 1. The molecule has 11 nitrogen and oxygen atoms in total. The Bertz CT molecular complexity index is 2100. The Kier molecular flexibility index (Phi) is 10.9. The van der Waals surface area contributed by atoms with Crippen LogP contribution < -0.4 is 15.0 Å². The Morgan fingerprint density at radius 3 is 2.38 bits per heavy atom. The minimum absolute atomic E-state index is 0.0869. The number of fused-ring (bicyclic) bond motifs is 2. The van der Waals surface area contributed by atoms with E-state index in [-0.39, 0.29) is 29.0 Å². The summed E-state index contributed by atoms with van der Waals surface area (Å²) in [6.45, 7) is 9.22. The molecule has 0 radical (unpaired) electrons. The number of hydrogen-bond donors (Lipinski definition) is 0. The van der Waals surface area contributed by atoms with Crippen LogP contribution in [0.3, 0.4) is 0 Å². The molecule has 2 aromatic heterocycles. The number of hydrogen-bond acceptors (Lipinski definition) is 9. The zero-order valence-corrected chi connectivity index (χ0v) is 31.1. The largest absolute Gasteiger partial charge is 0.496 e. The molecule has 2 aromatic carbocycles. The molecule has 0 aliphatic carbocycles. The highest BCUT2D eigenvalue weighted by molar-refractivity contribution is 5.98. The Morgan fingerprint density at radius 2 is 1.70 bits per heavy atom. The van der Waals surface area contributed by atoms with Crippen LogP contribution in [0.2, 0.25) is 0 Å². The van der Waals surface area contributed by atoms with E-state index in [1.54, 1.807) is 38.2 Å². The third-order valence-corrected chi connectivity index (χ3v) is 11.3. The number of benzene rings is 2. The van der Waals surface area contributed by atoms with Crippen LogP contribution in [0.15, 0.2) is 71.4 Å². The van der Waals surface area contributed by atoms with E-state index >= 15 is 0 Å². The molecule has 2 saturated heterocycles. The number of ether oxygens (including phenoxy) is 3. The number of methoxy groups -OCH3 is 2. The van der Waals surface area contributed by atoms with Gasteiger partial charge in [0.2, 0.25) is 0 Å². The van der Waals surface area contributed by atoms with E-state index < -0.39 is 0 Å². The van der Waals surface area contributed by atoms with Crippen molar-refractivity contribution in [3.8, 4) is 28.7 Å². The lowest BCUT2D eigenvalue weighted by Gasteiger charge is -2.38. The van der Waals surface area contributed by atoms with Crippen molar-refractivity contribution >= 4 is 16.7 Å². The van der Waals surface area contributed by atoms with Gasteiger partial charge in [-0.1, -0.05) is 24.3 Å². The van der Waals surface area contributed by atoms with Gasteiger partial charge in [-0.3, -0.25) is 24.4 Å². The lowest BCUT2D eigenvalue weighted by molar-refractivity contribution is -0.129. The van der Waals surface area contributed by atoms with E-state index in [4.69, 9.17) is 14.2 Å². The minimum Gasteiger partial charge on any atom is -0.496 e. The van der Waals surface area contributed by atoms with E-state index in [1.807, 2.05) is 35.4 Å². The van der Waals surface area contributed by atoms with Crippen LogP contribution in [0.4, 0.5) is 0 Å². The maximum absolute atomic E-state index is 13.6. The van der Waals surface area contributed by atoms with Crippen molar-refractivity contribution < 1.29 is 19.0 Å². The third-order valence-electron chi connectivity index (χ3n) is 11.3. The second-order valence-corrected chi connectivity index (χ2v) is 14.3. The third kappa shape index (κ3) is 7.45. The van der Waals surface area contributed by atoms with Gasteiger partial charge in [-0.05, 0) is 77.9 Å². The molecule has 0 bridgehead atoms. The SMILES string of the molecule is COc1cc(-c2cn(C)c(=O)c3cnccc23)cc(OC)c1CN1CCN(Cc2cccc3c2CCN(C(=O)/C(C#N)=C\C2CCOCC2)C3C)CC1. The first-order valence-corrected chi connectivity index (χ1v) is 18.5. The molecule has 3 aliphatic heterocycles. The van der Waals surface area contributed by atoms with E-state index in [1.165, 1.54) is 16.7 Å². The van der Waals surface area contributed by atoms with Gasteiger partial charge in [0.05, 0.1) is 31.2 Å². The number of rotatable bonds is 9. The summed E-state index contributed by atoms with van der Waals surface area (Å²) in [4.78, 5) is 37.4. The first-order valence-electron chi connectivity index (χ1n) is 18.5. The summed E-state index contributed by atoms with van der Waals surface area (Å²) in [6.07, 6.45) is 9.53. The Balaban J connectivity index is 1.02. The number of allylic oxidation sites excluding steroid dienone is 1. The summed E-state index contributed by atoms with van der Waals surface area (Å²) in [5.41, 5.74) is 6.80. The standard InChI is InChI=1S/C42H48N6O5/c1-28-33-7-5-6-30(34(33)9-13-48(28)41(49)32(23-43)20-29-10-18-53-19-11-29)25-46-14-16-47(17-15-46)27-38-39(51-3)21-31(22-40(38)52-4)37-26-45(2)42(50)36-24-44-12-8-35(36)37/h5-8,12,20-22,24,26,28-29H,9-11,13-19,25,27H2,1-4H3/b32-20-. The van der Waals surface area contributed by atoms with Gasteiger partial charge in [-0.25, -0.2) is 0 Å². The Morgan fingerprint density at radius 1 is 1.00 bits per heavy atom. The van der Waals surface area contributed by atoms with Crippen LogP contribution in [0.5, 0.6) is 11.5 Å². The monoisotopic (exact) mass is 716 g/mol. The maximum Gasteiger partial charge on any atom is 0.264 e. The highest BCUT2D eigenvalue weighted by Crippen LogP contribution is 2.38. The molecule has 53 heavy (non-hydrogen) atoms. The van der Waals surface area contributed by atoms with Gasteiger partial charge in [-0.2, -0.15) is 5.26 Å². The molecule has 1 atom stereocenters. The summed E-state index contributed by atoms with van der Waals surface area (Å²) >= 11 is 0. The average molecular weight is 717 g/mol. The van der Waals surface area contributed by atoms with Crippen molar-refractivity contribution in [3.63, 3.8) is 0 Å². The number of carbonyl (C=O) groups is 1. The summed E-state index contributed by atoms with van der Waals surface area (Å²) in [5.74, 6) is 1.54. The first kappa shape index (κ1) is 36.3. The highest BCUT2D eigenvalue weighted by atomic mass is 16.5. The first-order chi connectivity index (χ1) is 25.8. The molecule has 3 aliphatic rings. The smallest absolute Gasteiger partial charge is 0.264 e. The van der Waals surface area contributed by atoms with Crippen molar-refractivity contribution in [1.82, 2.24) is 24.3 Å². The lowest BCUT2D eigenvalue weighted by atomic mass is 9.88. The number of piperazine rings is 1. The highest BCUT2D eigenvalue weighted by Gasteiger charge is 2.32. The maximum atomic E-state index is 13.6. The number of nitriles is 1. The van der Waals surface area contributed by atoms with Gasteiger partial charge in [0.25, 0.3) is 11.5 Å². The number of nitrogens with zero attached hydrogens (tertiary/aromatic N) is 6. The van der Waals surface area contributed by atoms with Crippen LogP contribution in [0.25, 0.3) is 21.9 Å². The zero-order valence-electron chi connectivity index (χ0n) is 31.1. The lowest BCUT2D eigenvalue weighted by Crippen LogP contribution is -2.45. The second kappa shape index (κ2) is 15.9. The molecule has 0 spiro atoms. The quantitative estimate of drug-likeness (QED) is 0.169. The minimum atomic E-state index is -0.167. The molecule has 1 unspecified atom stereocenters. The van der Waals surface area contributed by atoms with Gasteiger partial charge in [-0.15, -0.1) is 0 Å². The average Bonchev–Trinajstić information content (AvgIpc) is 3.19. The number of aryl methyl sites for hydroxylation is 1. The fourth-order valence-corrected chi connectivity index (χ4v) is 8.21. The number of amides is 1. The van der Waals surface area contributed by atoms with Crippen LogP contribution in [0, 0.1) is 17.2 Å². The molecule has 1 amide bonds. The molecule has 5 heterocycles. The second-order valence-electron chi connectivity index (χ2n) is 14.3. The van der Waals surface area contributed by atoms with E-state index in [0.717, 1.165) is 85.6 Å². The summed E-state index contributed by atoms with van der Waals surface area (Å²) in [5, 5.41) is 11.3. The Labute approximate surface area is 311 Å². The number of pyridine rings is 2. The molecule has 276 valence electrons. The fourth-order valence-electron chi connectivity index (χ4n) is 8.21. The van der Waals surface area contributed by atoms with Crippen molar-refractivity contribution in [2.24, 2.45) is 13.0 Å². The summed E-state index contributed by atoms with van der Waals surface area (Å²) in [6, 6.07) is 14.5. The van der Waals surface area contributed by atoms with Gasteiger partial charge in [0, 0.05) is 90.2 Å². The summed E-state index contributed by atoms with van der Waals surface area (Å²) in [7, 11) is 5.13. The van der Waals surface area contributed by atoms with E-state index in [0.29, 0.717) is 31.7 Å². The van der Waals surface area contributed by atoms with Gasteiger partial charge < -0.3 is 23.7 Å². The molecule has 11 heteroatoms.